The van der Waals surface area contributed by atoms with Crippen LogP contribution in [0, 0.1) is 29.6 Å². The summed E-state index contributed by atoms with van der Waals surface area (Å²) in [5.74, 6) is 8.22. The zero-order valence-electron chi connectivity index (χ0n) is 14.8. The van der Waals surface area contributed by atoms with E-state index in [9.17, 15) is 5.11 Å². The van der Waals surface area contributed by atoms with Crippen LogP contribution in [0.3, 0.4) is 0 Å². The van der Waals surface area contributed by atoms with E-state index in [4.69, 9.17) is 0 Å². The van der Waals surface area contributed by atoms with Crippen LogP contribution in [-0.4, -0.2) is 11.2 Å². The van der Waals surface area contributed by atoms with Crippen LogP contribution in [0.1, 0.15) is 64.4 Å². The Morgan fingerprint density at radius 1 is 1.09 bits per heavy atom. The summed E-state index contributed by atoms with van der Waals surface area (Å²) in [5, 5.41) is 10.6. The van der Waals surface area contributed by atoms with Crippen LogP contribution in [0.5, 0.6) is 0 Å². The van der Waals surface area contributed by atoms with E-state index in [0.29, 0.717) is 11.8 Å². The molecule has 0 saturated heterocycles. The van der Waals surface area contributed by atoms with Crippen molar-refractivity contribution in [3.05, 3.63) is 35.9 Å². The summed E-state index contributed by atoms with van der Waals surface area (Å²) >= 11 is 0. The van der Waals surface area contributed by atoms with Gasteiger partial charge >= 0.3 is 0 Å². The van der Waals surface area contributed by atoms with Gasteiger partial charge in [-0.1, -0.05) is 75.3 Å². The van der Waals surface area contributed by atoms with Crippen LogP contribution in [0.4, 0.5) is 0 Å². The van der Waals surface area contributed by atoms with Crippen molar-refractivity contribution in [2.45, 2.75) is 71.3 Å². The minimum atomic E-state index is -0.311. The Labute approximate surface area is 142 Å². The molecule has 0 bridgehead atoms. The number of aliphatic hydroxyl groups is 1. The Morgan fingerprint density at radius 3 is 2.43 bits per heavy atom. The lowest BCUT2D eigenvalue weighted by Crippen LogP contribution is -2.22. The maximum absolute atomic E-state index is 10.6. The van der Waals surface area contributed by atoms with Gasteiger partial charge in [0.2, 0.25) is 0 Å². The molecule has 0 spiro atoms. The molecule has 2 atom stereocenters. The van der Waals surface area contributed by atoms with Crippen molar-refractivity contribution in [1.82, 2.24) is 0 Å². The molecule has 23 heavy (non-hydrogen) atoms. The van der Waals surface area contributed by atoms with E-state index in [0.717, 1.165) is 19.3 Å². The fourth-order valence-corrected chi connectivity index (χ4v) is 3.45. The lowest BCUT2D eigenvalue weighted by molar-refractivity contribution is 0.114. The topological polar surface area (TPSA) is 20.2 Å². The highest BCUT2D eigenvalue weighted by atomic mass is 16.3. The number of hydrogen-bond donors (Lipinski definition) is 1. The molecule has 1 N–H and O–H groups in total. The maximum Gasteiger partial charge on any atom is 0.0680 e. The highest BCUT2D eigenvalue weighted by molar-refractivity contribution is 5.15. The van der Waals surface area contributed by atoms with Gasteiger partial charge in [-0.3, -0.25) is 0 Å². The Balaban J connectivity index is 1.91. The molecule has 0 amide bonds. The van der Waals surface area contributed by atoms with Crippen LogP contribution >= 0.6 is 0 Å². The molecule has 1 saturated carbocycles. The number of benzene rings is 1. The van der Waals surface area contributed by atoms with Gasteiger partial charge < -0.3 is 5.11 Å². The molecule has 0 aliphatic heterocycles. The fourth-order valence-electron chi connectivity index (χ4n) is 3.45. The van der Waals surface area contributed by atoms with Gasteiger partial charge in [0.15, 0.2) is 0 Å². The van der Waals surface area contributed by atoms with Gasteiger partial charge in [-0.25, -0.2) is 0 Å². The smallest absolute Gasteiger partial charge is 0.0680 e. The second-order valence-corrected chi connectivity index (χ2v) is 7.45. The number of aryl methyl sites for hydroxylation is 1. The summed E-state index contributed by atoms with van der Waals surface area (Å²) < 4.78 is 0. The van der Waals surface area contributed by atoms with Gasteiger partial charge in [-0.05, 0) is 43.6 Å². The minimum Gasteiger partial charge on any atom is -0.392 e. The maximum atomic E-state index is 10.6. The molecule has 1 heteroatoms. The molecule has 0 heterocycles. The molecule has 1 aromatic carbocycles. The number of rotatable bonds is 6. The van der Waals surface area contributed by atoms with Gasteiger partial charge in [0.1, 0.15) is 0 Å². The van der Waals surface area contributed by atoms with Crippen LogP contribution < -0.4 is 0 Å². The van der Waals surface area contributed by atoms with Gasteiger partial charge in [0.05, 0.1) is 6.10 Å². The van der Waals surface area contributed by atoms with Gasteiger partial charge in [-0.15, -0.1) is 0 Å². The lowest BCUT2D eigenvalue weighted by atomic mass is 9.86. The van der Waals surface area contributed by atoms with Crippen molar-refractivity contribution in [2.24, 2.45) is 17.8 Å². The standard InChI is InChI=1S/C22H32O/c1-18(2)17-21(15-13-19-9-5-3-6-10-19)22(23)16-14-20-11-7-4-8-12-20/h4,7-8,11-12,18-19,21-23H,3,5-6,9-10,14,16-17H2,1-2H3. The van der Waals surface area contributed by atoms with Crippen LogP contribution in [0.15, 0.2) is 30.3 Å². The highest BCUT2D eigenvalue weighted by Crippen LogP contribution is 2.24. The van der Waals surface area contributed by atoms with Crippen molar-refractivity contribution in [2.75, 3.05) is 0 Å². The van der Waals surface area contributed by atoms with Crippen LogP contribution in [0.2, 0.25) is 0 Å². The zero-order chi connectivity index (χ0) is 16.5. The second kappa shape index (κ2) is 9.78. The average Bonchev–Trinajstić information content (AvgIpc) is 2.58. The van der Waals surface area contributed by atoms with Crippen LogP contribution in [-0.2, 0) is 6.42 Å². The van der Waals surface area contributed by atoms with Crippen molar-refractivity contribution in [1.29, 1.82) is 0 Å². The molecule has 1 nitrogen and oxygen atoms in total. The quantitative estimate of drug-likeness (QED) is 0.713. The normalized spacial score (nSPS) is 18.3. The Bertz CT molecular complexity index is 488. The minimum absolute atomic E-state index is 0.126. The SMILES string of the molecule is CC(C)CC(C#CC1CCCCC1)C(O)CCc1ccccc1. The van der Waals surface area contributed by atoms with E-state index >= 15 is 0 Å². The monoisotopic (exact) mass is 312 g/mol. The highest BCUT2D eigenvalue weighted by Gasteiger charge is 2.19. The Hall–Kier alpha value is -1.26. The average molecular weight is 312 g/mol. The van der Waals surface area contributed by atoms with Crippen molar-refractivity contribution >= 4 is 0 Å². The summed E-state index contributed by atoms with van der Waals surface area (Å²) in [6.07, 6.45) is 8.94. The Morgan fingerprint density at radius 2 is 1.78 bits per heavy atom. The molecule has 2 rings (SSSR count). The van der Waals surface area contributed by atoms with E-state index in [-0.39, 0.29) is 12.0 Å². The summed E-state index contributed by atoms with van der Waals surface area (Å²) in [7, 11) is 0. The first-order chi connectivity index (χ1) is 11.1. The predicted octanol–water partition coefficient (Wildman–Crippen LogP) is 5.23. The van der Waals surface area contributed by atoms with E-state index in [1.807, 2.05) is 6.07 Å². The first kappa shape index (κ1) is 18.1. The molecular formula is C22H32O. The Kier molecular flexibility index (Phi) is 7.69. The predicted molar refractivity (Wildman–Crippen MR) is 98.1 cm³/mol. The summed E-state index contributed by atoms with van der Waals surface area (Å²) in [4.78, 5) is 0. The molecule has 2 unspecified atom stereocenters. The number of aliphatic hydroxyl groups excluding tert-OH is 1. The van der Waals surface area contributed by atoms with E-state index in [1.165, 1.54) is 37.7 Å². The summed E-state index contributed by atoms with van der Waals surface area (Å²) in [5.41, 5.74) is 1.30. The molecule has 0 aromatic heterocycles. The molecule has 0 radical (unpaired) electrons. The fraction of sp³-hybridized carbons (Fsp3) is 0.636. The van der Waals surface area contributed by atoms with Crippen molar-refractivity contribution in [3.63, 3.8) is 0 Å². The molecule has 1 aliphatic carbocycles. The number of hydrogen-bond acceptors (Lipinski definition) is 1. The second-order valence-electron chi connectivity index (χ2n) is 7.45. The van der Waals surface area contributed by atoms with E-state index in [1.54, 1.807) is 0 Å². The molecule has 1 aromatic rings. The molecule has 1 fully saturated rings. The molecule has 1 aliphatic rings. The first-order valence-corrected chi connectivity index (χ1v) is 9.38. The molecular weight excluding hydrogens is 280 g/mol. The molecule has 126 valence electrons. The van der Waals surface area contributed by atoms with Crippen molar-refractivity contribution < 1.29 is 5.11 Å². The third kappa shape index (κ3) is 6.80. The van der Waals surface area contributed by atoms with Gasteiger partial charge in [0, 0.05) is 11.8 Å². The first-order valence-electron chi connectivity index (χ1n) is 9.38. The van der Waals surface area contributed by atoms with Gasteiger partial charge in [0.25, 0.3) is 0 Å². The zero-order valence-corrected chi connectivity index (χ0v) is 14.8. The summed E-state index contributed by atoms with van der Waals surface area (Å²) in [6.45, 7) is 4.44. The van der Waals surface area contributed by atoms with Crippen LogP contribution in [0.25, 0.3) is 0 Å². The van der Waals surface area contributed by atoms with E-state index in [2.05, 4.69) is 50.0 Å². The van der Waals surface area contributed by atoms with E-state index < -0.39 is 0 Å². The van der Waals surface area contributed by atoms with Crippen molar-refractivity contribution in [3.8, 4) is 11.8 Å². The third-order valence-corrected chi connectivity index (χ3v) is 4.84. The summed E-state index contributed by atoms with van der Waals surface area (Å²) in [6, 6.07) is 10.4. The lowest BCUT2D eigenvalue weighted by Gasteiger charge is -2.21. The largest absolute Gasteiger partial charge is 0.392 e. The van der Waals surface area contributed by atoms with Gasteiger partial charge in [-0.2, -0.15) is 0 Å². The third-order valence-electron chi connectivity index (χ3n) is 4.84.